The normalized spacial score (nSPS) is 14.2. The van der Waals surface area contributed by atoms with Crippen LogP contribution in [0.2, 0.25) is 0 Å². The number of methoxy groups -OCH3 is 1. The van der Waals surface area contributed by atoms with Gasteiger partial charge < -0.3 is 9.64 Å². The van der Waals surface area contributed by atoms with E-state index in [0.29, 0.717) is 12.3 Å². The van der Waals surface area contributed by atoms with Crippen LogP contribution in [0.4, 0.5) is 0 Å². The summed E-state index contributed by atoms with van der Waals surface area (Å²) in [5, 5.41) is 0. The Morgan fingerprint density at radius 3 is 2.27 bits per heavy atom. The van der Waals surface area contributed by atoms with Crippen molar-refractivity contribution in [1.29, 1.82) is 0 Å². The lowest BCUT2D eigenvalue weighted by molar-refractivity contribution is -0.151. The molecule has 2 unspecified atom stereocenters. The summed E-state index contributed by atoms with van der Waals surface area (Å²) in [7, 11) is 2.98. The van der Waals surface area contributed by atoms with Crippen LogP contribution in [0.5, 0.6) is 0 Å². The first-order valence-electron chi connectivity index (χ1n) is 5.25. The second kappa shape index (κ2) is 6.43. The van der Waals surface area contributed by atoms with Crippen LogP contribution < -0.4 is 0 Å². The van der Waals surface area contributed by atoms with Gasteiger partial charge in [-0.25, -0.2) is 4.79 Å². The SMILES string of the molecule is CCC(C)CC(C(=O)OC)N(C)C(C)=O. The third kappa shape index (κ3) is 4.32. The molecule has 2 atom stereocenters. The summed E-state index contributed by atoms with van der Waals surface area (Å²) in [6.07, 6.45) is 1.64. The highest BCUT2D eigenvalue weighted by atomic mass is 16.5. The zero-order valence-electron chi connectivity index (χ0n) is 10.2. The summed E-state index contributed by atoms with van der Waals surface area (Å²) in [6, 6.07) is -0.456. The van der Waals surface area contributed by atoms with Gasteiger partial charge in [-0.1, -0.05) is 20.3 Å². The first kappa shape index (κ1) is 13.9. The molecule has 1 amide bonds. The lowest BCUT2D eigenvalue weighted by Gasteiger charge is -2.26. The number of carbonyl (C=O) groups is 2. The molecule has 0 fully saturated rings. The molecule has 0 aliphatic rings. The molecule has 0 radical (unpaired) electrons. The van der Waals surface area contributed by atoms with Crippen molar-refractivity contribution in [2.75, 3.05) is 14.2 Å². The minimum absolute atomic E-state index is 0.117. The van der Waals surface area contributed by atoms with Gasteiger partial charge in [0.15, 0.2) is 0 Å². The maximum atomic E-state index is 11.5. The van der Waals surface area contributed by atoms with Gasteiger partial charge in [0.25, 0.3) is 0 Å². The number of rotatable bonds is 5. The van der Waals surface area contributed by atoms with Crippen LogP contribution in [0.25, 0.3) is 0 Å². The van der Waals surface area contributed by atoms with Crippen molar-refractivity contribution >= 4 is 11.9 Å². The number of amides is 1. The van der Waals surface area contributed by atoms with Crippen molar-refractivity contribution in [3.05, 3.63) is 0 Å². The molecule has 0 aromatic heterocycles. The lowest BCUT2D eigenvalue weighted by Crippen LogP contribution is -2.42. The molecular formula is C11H21NO3. The maximum absolute atomic E-state index is 11.5. The third-order valence-electron chi connectivity index (χ3n) is 2.76. The molecule has 0 spiro atoms. The van der Waals surface area contributed by atoms with Crippen molar-refractivity contribution < 1.29 is 14.3 Å². The van der Waals surface area contributed by atoms with Crippen LogP contribution in [-0.4, -0.2) is 37.0 Å². The molecular weight excluding hydrogens is 194 g/mol. The van der Waals surface area contributed by atoms with Crippen LogP contribution in [0.1, 0.15) is 33.6 Å². The molecule has 4 heteroatoms. The average Bonchev–Trinajstić information content (AvgIpc) is 2.23. The van der Waals surface area contributed by atoms with Crippen LogP contribution in [0, 0.1) is 5.92 Å². The Morgan fingerprint density at radius 1 is 1.40 bits per heavy atom. The van der Waals surface area contributed by atoms with Crippen molar-refractivity contribution in [3.8, 4) is 0 Å². The van der Waals surface area contributed by atoms with Crippen molar-refractivity contribution in [1.82, 2.24) is 4.90 Å². The Balaban J connectivity index is 4.58. The highest BCUT2D eigenvalue weighted by Gasteiger charge is 2.27. The molecule has 0 N–H and O–H groups in total. The summed E-state index contributed by atoms with van der Waals surface area (Å²) in [4.78, 5) is 24.1. The first-order chi connectivity index (χ1) is 6.93. The highest BCUT2D eigenvalue weighted by Crippen LogP contribution is 2.15. The average molecular weight is 215 g/mol. The molecule has 0 rings (SSSR count). The van der Waals surface area contributed by atoms with Gasteiger partial charge in [0.1, 0.15) is 6.04 Å². The van der Waals surface area contributed by atoms with E-state index in [1.807, 2.05) is 0 Å². The Kier molecular flexibility index (Phi) is 5.97. The first-order valence-corrected chi connectivity index (χ1v) is 5.25. The molecule has 4 nitrogen and oxygen atoms in total. The van der Waals surface area contributed by atoms with Gasteiger partial charge in [-0.15, -0.1) is 0 Å². The number of likely N-dealkylation sites (N-methyl/N-ethyl adjacent to an activating group) is 1. The van der Waals surface area contributed by atoms with Crippen LogP contribution >= 0.6 is 0 Å². The second-order valence-corrected chi connectivity index (χ2v) is 3.92. The molecule has 0 aromatic rings. The zero-order chi connectivity index (χ0) is 12.0. The van der Waals surface area contributed by atoms with E-state index >= 15 is 0 Å². The number of carbonyl (C=O) groups excluding carboxylic acids is 2. The molecule has 0 saturated carbocycles. The summed E-state index contributed by atoms with van der Waals surface area (Å²) in [6.45, 7) is 5.57. The topological polar surface area (TPSA) is 46.6 Å². The number of ether oxygens (including phenoxy) is 1. The zero-order valence-corrected chi connectivity index (χ0v) is 10.2. The largest absolute Gasteiger partial charge is 0.467 e. The van der Waals surface area contributed by atoms with E-state index in [2.05, 4.69) is 13.8 Å². The van der Waals surface area contributed by atoms with E-state index in [1.165, 1.54) is 18.9 Å². The van der Waals surface area contributed by atoms with Gasteiger partial charge in [0.2, 0.25) is 5.91 Å². The predicted octanol–water partition coefficient (Wildman–Crippen LogP) is 1.44. The Labute approximate surface area is 91.6 Å². The number of hydrogen-bond donors (Lipinski definition) is 0. The fraction of sp³-hybridized carbons (Fsp3) is 0.818. The fourth-order valence-electron chi connectivity index (χ4n) is 1.32. The molecule has 15 heavy (non-hydrogen) atoms. The molecule has 0 aromatic carbocycles. The second-order valence-electron chi connectivity index (χ2n) is 3.92. The molecule has 0 saturated heterocycles. The Hall–Kier alpha value is -1.06. The monoisotopic (exact) mass is 215 g/mol. The molecule has 88 valence electrons. The lowest BCUT2D eigenvalue weighted by atomic mass is 9.98. The summed E-state index contributed by atoms with van der Waals surface area (Å²) in [5.41, 5.74) is 0. The fourth-order valence-corrected chi connectivity index (χ4v) is 1.32. The summed E-state index contributed by atoms with van der Waals surface area (Å²) >= 11 is 0. The molecule has 0 bridgehead atoms. The van der Waals surface area contributed by atoms with Gasteiger partial charge in [-0.3, -0.25) is 4.79 Å². The molecule has 0 aliphatic carbocycles. The predicted molar refractivity (Wildman–Crippen MR) is 58.3 cm³/mol. The van der Waals surface area contributed by atoms with Crippen molar-refractivity contribution in [3.63, 3.8) is 0 Å². The van der Waals surface area contributed by atoms with E-state index in [0.717, 1.165) is 6.42 Å². The summed E-state index contributed by atoms with van der Waals surface area (Å²) in [5.74, 6) is -0.0578. The Bertz CT molecular complexity index is 228. The van der Waals surface area contributed by atoms with Crippen molar-refractivity contribution in [2.45, 2.75) is 39.7 Å². The van der Waals surface area contributed by atoms with E-state index in [-0.39, 0.29) is 11.9 Å². The van der Waals surface area contributed by atoms with Gasteiger partial charge in [0, 0.05) is 14.0 Å². The van der Waals surface area contributed by atoms with Crippen LogP contribution in [0.15, 0.2) is 0 Å². The minimum Gasteiger partial charge on any atom is -0.467 e. The van der Waals surface area contributed by atoms with E-state index in [1.54, 1.807) is 7.05 Å². The van der Waals surface area contributed by atoms with Crippen molar-refractivity contribution in [2.24, 2.45) is 5.92 Å². The standard InChI is InChI=1S/C11H21NO3/c1-6-8(2)7-10(11(14)15-5)12(4)9(3)13/h8,10H,6-7H2,1-5H3. The third-order valence-corrected chi connectivity index (χ3v) is 2.76. The highest BCUT2D eigenvalue weighted by molar-refractivity contribution is 5.83. The molecule has 0 heterocycles. The number of hydrogen-bond acceptors (Lipinski definition) is 3. The van der Waals surface area contributed by atoms with Gasteiger partial charge >= 0.3 is 5.97 Å². The van der Waals surface area contributed by atoms with E-state index < -0.39 is 6.04 Å². The Morgan fingerprint density at radius 2 is 1.93 bits per heavy atom. The smallest absolute Gasteiger partial charge is 0.328 e. The quantitative estimate of drug-likeness (QED) is 0.652. The summed E-state index contributed by atoms with van der Waals surface area (Å²) < 4.78 is 4.70. The van der Waals surface area contributed by atoms with E-state index in [9.17, 15) is 9.59 Å². The van der Waals surface area contributed by atoms with E-state index in [4.69, 9.17) is 4.74 Å². The van der Waals surface area contributed by atoms with Gasteiger partial charge in [-0.05, 0) is 12.3 Å². The van der Waals surface area contributed by atoms with Crippen LogP contribution in [-0.2, 0) is 14.3 Å². The minimum atomic E-state index is -0.456. The van der Waals surface area contributed by atoms with Crippen LogP contribution in [0.3, 0.4) is 0 Å². The van der Waals surface area contributed by atoms with Gasteiger partial charge in [0.05, 0.1) is 7.11 Å². The molecule has 0 aliphatic heterocycles. The maximum Gasteiger partial charge on any atom is 0.328 e. The number of esters is 1. The number of nitrogens with zero attached hydrogens (tertiary/aromatic N) is 1. The van der Waals surface area contributed by atoms with Gasteiger partial charge in [-0.2, -0.15) is 0 Å².